The van der Waals surface area contributed by atoms with Crippen molar-refractivity contribution in [3.05, 3.63) is 17.0 Å². The lowest BCUT2D eigenvalue weighted by atomic mass is 10.4. The molecule has 0 aliphatic heterocycles. The third-order valence-electron chi connectivity index (χ3n) is 1.22. The first-order chi connectivity index (χ1) is 4.88. The minimum atomic E-state index is 0.821. The first-order valence-corrected chi connectivity index (χ1v) is 3.47. The summed E-state index contributed by atoms with van der Waals surface area (Å²) in [6.45, 7) is 0. The van der Waals surface area contributed by atoms with Gasteiger partial charge in [0.1, 0.15) is 10.1 Å². The Balaban J connectivity index is 2.93. The molecule has 0 aliphatic carbocycles. The van der Waals surface area contributed by atoms with E-state index in [0.29, 0.717) is 0 Å². The summed E-state index contributed by atoms with van der Waals surface area (Å²) in [5, 5.41) is 15.0. The lowest BCUT2D eigenvalue weighted by molar-refractivity contribution is 1.04. The molecule has 0 spiro atoms. The van der Waals surface area contributed by atoms with Gasteiger partial charge in [0.05, 0.1) is 17.8 Å². The second-order valence-corrected chi connectivity index (χ2v) is 2.62. The smallest absolute Gasteiger partial charge is 0.115 e. The van der Waals surface area contributed by atoms with Crippen LogP contribution in [0.1, 0.15) is 0 Å². The van der Waals surface area contributed by atoms with Gasteiger partial charge in [0.2, 0.25) is 0 Å². The summed E-state index contributed by atoms with van der Waals surface area (Å²) in [6, 6.07) is 0. The number of fused-ring (bicyclic) bond motifs is 1. The molecular weight excluding hydrogens is 196 g/mol. The predicted octanol–water partition coefficient (Wildman–Crippen LogP) is 1.12. The highest BCUT2D eigenvalue weighted by atomic mass is 79.9. The molecule has 10 heavy (non-hydrogen) atoms. The maximum atomic E-state index is 3.94. The number of aromatic nitrogens is 4. The van der Waals surface area contributed by atoms with Crippen LogP contribution in [0.2, 0.25) is 0 Å². The fraction of sp³-hybridized carbons (Fsp3) is 0. The van der Waals surface area contributed by atoms with Crippen LogP contribution in [-0.2, 0) is 0 Å². The van der Waals surface area contributed by atoms with Crippen molar-refractivity contribution in [2.45, 2.75) is 0 Å². The number of halogens is 1. The van der Waals surface area contributed by atoms with E-state index in [1.165, 1.54) is 0 Å². The Labute approximate surface area is 64.8 Å². The lowest BCUT2D eigenvalue weighted by Crippen LogP contribution is -1.76. The van der Waals surface area contributed by atoms with E-state index >= 15 is 0 Å². The third-order valence-corrected chi connectivity index (χ3v) is 1.82. The largest absolute Gasteiger partial charge is 0.270 e. The Kier molecular flexibility index (Phi) is 1.17. The molecule has 0 bridgehead atoms. The third kappa shape index (κ3) is 0.706. The van der Waals surface area contributed by atoms with Gasteiger partial charge in [-0.25, -0.2) is 0 Å². The van der Waals surface area contributed by atoms with E-state index in [4.69, 9.17) is 0 Å². The average Bonchev–Trinajstić information content (AvgIpc) is 2.34. The molecule has 0 aliphatic rings. The Morgan fingerprint density at radius 1 is 1.30 bits per heavy atom. The minimum absolute atomic E-state index is 0.821. The topological polar surface area (TPSA) is 54.5 Å². The Morgan fingerprint density at radius 2 is 2.10 bits per heavy atom. The van der Waals surface area contributed by atoms with Gasteiger partial charge in [-0.05, 0) is 15.9 Å². The minimum Gasteiger partial charge on any atom is -0.270 e. The zero-order valence-corrected chi connectivity index (χ0v) is 6.46. The van der Waals surface area contributed by atoms with Crippen molar-refractivity contribution in [1.82, 2.24) is 20.4 Å². The summed E-state index contributed by atoms with van der Waals surface area (Å²) < 4.78 is 0.845. The maximum Gasteiger partial charge on any atom is 0.115 e. The van der Waals surface area contributed by atoms with Crippen LogP contribution in [0.3, 0.4) is 0 Å². The van der Waals surface area contributed by atoms with Gasteiger partial charge in [-0.3, -0.25) is 5.10 Å². The van der Waals surface area contributed by atoms with Crippen molar-refractivity contribution in [3.8, 4) is 0 Å². The van der Waals surface area contributed by atoms with Crippen LogP contribution in [0.5, 0.6) is 0 Å². The lowest BCUT2D eigenvalue weighted by Gasteiger charge is -1.81. The van der Waals surface area contributed by atoms with E-state index < -0.39 is 0 Å². The quantitative estimate of drug-likeness (QED) is 0.691. The number of H-pyrrole nitrogens is 1. The van der Waals surface area contributed by atoms with Crippen LogP contribution in [0.15, 0.2) is 17.0 Å². The monoisotopic (exact) mass is 198 g/mol. The molecule has 2 aromatic rings. The zero-order chi connectivity index (χ0) is 6.97. The summed E-state index contributed by atoms with van der Waals surface area (Å²) in [7, 11) is 0. The molecule has 50 valence electrons. The summed E-state index contributed by atoms with van der Waals surface area (Å²) in [6.07, 6.45) is 3.26. The first kappa shape index (κ1) is 5.79. The van der Waals surface area contributed by atoms with Crippen molar-refractivity contribution < 1.29 is 0 Å². The molecule has 2 rings (SSSR count). The summed E-state index contributed by atoms with van der Waals surface area (Å²) in [5.74, 6) is 0. The van der Waals surface area contributed by atoms with Crippen molar-refractivity contribution in [2.75, 3.05) is 0 Å². The molecule has 2 heterocycles. The van der Waals surface area contributed by atoms with Gasteiger partial charge >= 0.3 is 0 Å². The van der Waals surface area contributed by atoms with E-state index in [2.05, 4.69) is 36.3 Å². The highest BCUT2D eigenvalue weighted by Gasteiger charge is 1.99. The van der Waals surface area contributed by atoms with Crippen LogP contribution in [0.25, 0.3) is 10.9 Å². The molecule has 5 heteroatoms. The standard InChI is InChI=1S/C5H3BrN4/c6-5-3-1-7-8-2-4(3)9-10-5/h1-2H,(H,9,10). The van der Waals surface area contributed by atoms with Gasteiger partial charge < -0.3 is 0 Å². The fourth-order valence-electron chi connectivity index (χ4n) is 0.743. The fourth-order valence-corrected chi connectivity index (χ4v) is 1.14. The average molecular weight is 199 g/mol. The molecule has 2 aromatic heterocycles. The molecule has 0 radical (unpaired) electrons. The molecule has 0 atom stereocenters. The van der Waals surface area contributed by atoms with E-state index in [9.17, 15) is 0 Å². The second kappa shape index (κ2) is 2.02. The van der Waals surface area contributed by atoms with Crippen LogP contribution in [0, 0.1) is 0 Å². The zero-order valence-electron chi connectivity index (χ0n) is 4.87. The van der Waals surface area contributed by atoms with Gasteiger partial charge in [0, 0.05) is 0 Å². The van der Waals surface area contributed by atoms with Gasteiger partial charge in [0.15, 0.2) is 0 Å². The highest BCUT2D eigenvalue weighted by Crippen LogP contribution is 2.17. The van der Waals surface area contributed by atoms with Crippen LogP contribution in [-0.4, -0.2) is 20.4 Å². The van der Waals surface area contributed by atoms with Crippen molar-refractivity contribution in [2.24, 2.45) is 0 Å². The predicted molar refractivity (Wildman–Crippen MR) is 39.4 cm³/mol. The van der Waals surface area contributed by atoms with Crippen molar-refractivity contribution >= 4 is 26.8 Å². The normalized spacial score (nSPS) is 10.5. The molecular formula is C5H3BrN4. The molecule has 0 fully saturated rings. The number of rotatable bonds is 0. The SMILES string of the molecule is Brc1[nH]nc2cnncc12. The van der Waals surface area contributed by atoms with E-state index in [0.717, 1.165) is 15.5 Å². The van der Waals surface area contributed by atoms with E-state index in [1.54, 1.807) is 12.4 Å². The summed E-state index contributed by atoms with van der Waals surface area (Å²) >= 11 is 3.28. The van der Waals surface area contributed by atoms with Crippen LogP contribution in [0.4, 0.5) is 0 Å². The Bertz CT molecular complexity index is 355. The summed E-state index contributed by atoms with van der Waals surface area (Å²) in [5.41, 5.74) is 0.821. The van der Waals surface area contributed by atoms with Crippen LogP contribution >= 0.6 is 15.9 Å². The number of hydrogen-bond acceptors (Lipinski definition) is 3. The molecule has 0 amide bonds. The number of nitrogens with zero attached hydrogens (tertiary/aromatic N) is 3. The number of hydrogen-bond donors (Lipinski definition) is 1. The Hall–Kier alpha value is -0.970. The molecule has 0 aromatic carbocycles. The number of nitrogens with one attached hydrogen (secondary N) is 1. The molecule has 1 N–H and O–H groups in total. The molecule has 0 saturated carbocycles. The van der Waals surface area contributed by atoms with E-state index in [1.807, 2.05) is 0 Å². The molecule has 0 saturated heterocycles. The van der Waals surface area contributed by atoms with Crippen LogP contribution < -0.4 is 0 Å². The number of aromatic amines is 1. The van der Waals surface area contributed by atoms with Gasteiger partial charge in [0.25, 0.3) is 0 Å². The maximum absolute atomic E-state index is 3.94. The van der Waals surface area contributed by atoms with Crippen molar-refractivity contribution in [3.63, 3.8) is 0 Å². The van der Waals surface area contributed by atoms with E-state index in [-0.39, 0.29) is 0 Å². The van der Waals surface area contributed by atoms with Gasteiger partial charge in [-0.15, -0.1) is 0 Å². The molecule has 0 unspecified atom stereocenters. The van der Waals surface area contributed by atoms with Gasteiger partial charge in [-0.2, -0.15) is 15.3 Å². The Morgan fingerprint density at radius 3 is 2.90 bits per heavy atom. The van der Waals surface area contributed by atoms with Gasteiger partial charge in [-0.1, -0.05) is 0 Å². The molecule has 4 nitrogen and oxygen atoms in total. The summed E-state index contributed by atoms with van der Waals surface area (Å²) in [4.78, 5) is 0. The van der Waals surface area contributed by atoms with Crippen molar-refractivity contribution in [1.29, 1.82) is 0 Å². The first-order valence-electron chi connectivity index (χ1n) is 2.68. The highest BCUT2D eigenvalue weighted by molar-refractivity contribution is 9.10. The second-order valence-electron chi connectivity index (χ2n) is 1.83.